The van der Waals surface area contributed by atoms with Gasteiger partial charge in [0, 0.05) is 29.4 Å². The van der Waals surface area contributed by atoms with Crippen molar-refractivity contribution < 1.29 is 9.18 Å². The lowest BCUT2D eigenvalue weighted by atomic mass is 9.88. The summed E-state index contributed by atoms with van der Waals surface area (Å²) in [5.41, 5.74) is 5.97. The second-order valence-corrected chi connectivity index (χ2v) is 7.00. The lowest BCUT2D eigenvalue weighted by Gasteiger charge is -2.40. The summed E-state index contributed by atoms with van der Waals surface area (Å²) in [6.07, 6.45) is 3.49. The number of carbonyl (C=O) groups is 1. The third-order valence-corrected chi connectivity index (χ3v) is 4.74. The zero-order valence-corrected chi connectivity index (χ0v) is 15.4. The van der Waals surface area contributed by atoms with Gasteiger partial charge in [0.05, 0.1) is 11.8 Å². The molecule has 0 saturated heterocycles. The standard InChI is InChI=1S/C21H22FN3O/c1-14-12-21(2,3)25(4)19-11-18(22)16(10-17(14)19)13-23-24-20(26)15-8-6-5-7-9-15/h5-13H,1-4H3,(H,24,26)/b23-13-. The Hall–Kier alpha value is -2.95. The van der Waals surface area contributed by atoms with E-state index in [-0.39, 0.29) is 17.3 Å². The van der Waals surface area contributed by atoms with Crippen LogP contribution < -0.4 is 10.3 Å². The molecule has 2 aromatic rings. The number of anilines is 1. The van der Waals surface area contributed by atoms with Gasteiger partial charge < -0.3 is 4.90 Å². The number of rotatable bonds is 3. The normalized spacial score (nSPS) is 15.6. The maximum Gasteiger partial charge on any atom is 0.271 e. The van der Waals surface area contributed by atoms with Crippen molar-refractivity contribution in [2.24, 2.45) is 5.10 Å². The van der Waals surface area contributed by atoms with Crippen molar-refractivity contribution in [3.63, 3.8) is 0 Å². The summed E-state index contributed by atoms with van der Waals surface area (Å²) in [6.45, 7) is 6.20. The van der Waals surface area contributed by atoms with Crippen molar-refractivity contribution in [1.29, 1.82) is 0 Å². The molecule has 0 aliphatic carbocycles. The molecule has 0 unspecified atom stereocenters. The molecule has 0 bridgehead atoms. The van der Waals surface area contributed by atoms with Crippen LogP contribution in [0.3, 0.4) is 0 Å². The average molecular weight is 351 g/mol. The minimum absolute atomic E-state index is 0.178. The van der Waals surface area contributed by atoms with Gasteiger partial charge in [0.2, 0.25) is 0 Å². The number of amides is 1. The molecule has 0 aromatic heterocycles. The Bertz CT molecular complexity index is 901. The van der Waals surface area contributed by atoms with Gasteiger partial charge in [0.15, 0.2) is 0 Å². The fourth-order valence-electron chi connectivity index (χ4n) is 3.10. The van der Waals surface area contributed by atoms with E-state index in [2.05, 4.69) is 35.4 Å². The molecule has 1 N–H and O–H groups in total. The Morgan fingerprint density at radius 3 is 2.62 bits per heavy atom. The highest BCUT2D eigenvalue weighted by atomic mass is 19.1. The van der Waals surface area contributed by atoms with Gasteiger partial charge in [-0.15, -0.1) is 0 Å². The summed E-state index contributed by atoms with van der Waals surface area (Å²) >= 11 is 0. The molecule has 0 spiro atoms. The molecule has 26 heavy (non-hydrogen) atoms. The summed E-state index contributed by atoms with van der Waals surface area (Å²) in [4.78, 5) is 14.0. The molecule has 1 aliphatic rings. The molecule has 0 saturated carbocycles. The van der Waals surface area contributed by atoms with Crippen molar-refractivity contribution in [2.45, 2.75) is 26.3 Å². The van der Waals surface area contributed by atoms with Crippen molar-refractivity contribution in [3.05, 3.63) is 71.0 Å². The topological polar surface area (TPSA) is 44.7 Å². The maximum atomic E-state index is 14.5. The van der Waals surface area contributed by atoms with E-state index in [1.54, 1.807) is 30.3 Å². The van der Waals surface area contributed by atoms with E-state index in [4.69, 9.17) is 0 Å². The van der Waals surface area contributed by atoms with Crippen molar-refractivity contribution >= 4 is 23.4 Å². The first-order valence-corrected chi connectivity index (χ1v) is 8.45. The first kappa shape index (κ1) is 17.9. The third-order valence-electron chi connectivity index (χ3n) is 4.74. The Balaban J connectivity index is 1.84. The van der Waals surface area contributed by atoms with Crippen LogP contribution >= 0.6 is 0 Å². The largest absolute Gasteiger partial charge is 0.365 e. The van der Waals surface area contributed by atoms with Crippen molar-refractivity contribution in [1.82, 2.24) is 5.43 Å². The van der Waals surface area contributed by atoms with Crippen molar-refractivity contribution in [3.8, 4) is 0 Å². The van der Waals surface area contributed by atoms with Crippen molar-refractivity contribution in [2.75, 3.05) is 11.9 Å². The second kappa shape index (κ2) is 6.75. The summed E-state index contributed by atoms with van der Waals surface area (Å²) < 4.78 is 14.5. The fourth-order valence-corrected chi connectivity index (χ4v) is 3.10. The highest BCUT2D eigenvalue weighted by Crippen LogP contribution is 2.38. The minimum atomic E-state index is -0.376. The molecule has 4 nitrogen and oxygen atoms in total. The molecule has 1 aliphatic heterocycles. The predicted molar refractivity (Wildman–Crippen MR) is 104 cm³/mol. The van der Waals surface area contributed by atoms with Crippen LogP contribution in [0.1, 0.15) is 42.3 Å². The zero-order valence-electron chi connectivity index (χ0n) is 15.4. The average Bonchev–Trinajstić information content (AvgIpc) is 2.61. The number of likely N-dealkylation sites (N-methyl/N-ethyl adjacent to an activating group) is 1. The lowest BCUT2D eigenvalue weighted by molar-refractivity contribution is 0.0955. The van der Waals surface area contributed by atoms with E-state index in [9.17, 15) is 9.18 Å². The molecule has 1 heterocycles. The number of allylic oxidation sites excluding steroid dienone is 1. The fraction of sp³-hybridized carbons (Fsp3) is 0.238. The smallest absolute Gasteiger partial charge is 0.271 e. The number of nitrogens with one attached hydrogen (secondary N) is 1. The van der Waals surface area contributed by atoms with E-state index in [1.165, 1.54) is 12.3 Å². The van der Waals surface area contributed by atoms with E-state index in [0.29, 0.717) is 11.1 Å². The Kier molecular flexibility index (Phi) is 4.64. The van der Waals surface area contributed by atoms with Crippen LogP contribution in [0.2, 0.25) is 0 Å². The molecule has 5 heteroatoms. The predicted octanol–water partition coefficient (Wildman–Crippen LogP) is 4.22. The number of hydrazone groups is 1. The summed E-state index contributed by atoms with van der Waals surface area (Å²) in [5.74, 6) is -0.711. The molecule has 134 valence electrons. The van der Waals surface area contributed by atoms with E-state index < -0.39 is 0 Å². The van der Waals surface area contributed by atoms with Crippen LogP contribution in [-0.4, -0.2) is 24.7 Å². The van der Waals surface area contributed by atoms with Crippen LogP contribution in [0.15, 0.2) is 53.6 Å². The van der Waals surface area contributed by atoms with Gasteiger partial charge in [0.1, 0.15) is 5.82 Å². The third kappa shape index (κ3) is 3.38. The van der Waals surface area contributed by atoms with Crippen LogP contribution in [-0.2, 0) is 0 Å². The molecule has 0 fully saturated rings. The van der Waals surface area contributed by atoms with Crippen LogP contribution in [0.25, 0.3) is 5.57 Å². The van der Waals surface area contributed by atoms with E-state index >= 15 is 0 Å². The van der Waals surface area contributed by atoms with Gasteiger partial charge >= 0.3 is 0 Å². The Labute approximate surface area is 153 Å². The van der Waals surface area contributed by atoms with E-state index in [1.807, 2.05) is 20.0 Å². The molecule has 3 rings (SSSR count). The summed E-state index contributed by atoms with van der Waals surface area (Å²) in [5, 5.41) is 3.90. The number of hydrogen-bond donors (Lipinski definition) is 1. The monoisotopic (exact) mass is 351 g/mol. The number of halogens is 1. The first-order valence-electron chi connectivity index (χ1n) is 8.45. The summed E-state index contributed by atoms with van der Waals surface area (Å²) in [7, 11) is 1.95. The van der Waals surface area contributed by atoms with E-state index in [0.717, 1.165) is 16.8 Å². The number of benzene rings is 2. The molecule has 1 amide bonds. The highest BCUT2D eigenvalue weighted by molar-refractivity contribution is 5.95. The lowest BCUT2D eigenvalue weighted by Crippen LogP contribution is -2.42. The van der Waals surface area contributed by atoms with Gasteiger partial charge in [-0.2, -0.15) is 5.10 Å². The maximum absolute atomic E-state index is 14.5. The molecule has 2 aromatic carbocycles. The Morgan fingerprint density at radius 1 is 1.23 bits per heavy atom. The molecular formula is C21H22FN3O. The number of hydrogen-bond acceptors (Lipinski definition) is 3. The first-order chi connectivity index (χ1) is 12.3. The quantitative estimate of drug-likeness (QED) is 0.665. The molecular weight excluding hydrogens is 329 g/mol. The molecule has 0 atom stereocenters. The second-order valence-electron chi connectivity index (χ2n) is 7.00. The van der Waals surface area contributed by atoms with Gasteiger partial charge in [0.25, 0.3) is 5.91 Å². The van der Waals surface area contributed by atoms with Gasteiger partial charge in [-0.3, -0.25) is 4.79 Å². The number of fused-ring (bicyclic) bond motifs is 1. The SMILES string of the molecule is CC1=CC(C)(C)N(C)c2cc(F)c(/C=N\NC(=O)c3ccccc3)cc21. The van der Waals surface area contributed by atoms with Gasteiger partial charge in [-0.25, -0.2) is 9.82 Å². The number of nitrogens with zero attached hydrogens (tertiary/aromatic N) is 2. The Morgan fingerprint density at radius 2 is 1.92 bits per heavy atom. The van der Waals surface area contributed by atoms with Crippen LogP contribution in [0, 0.1) is 5.82 Å². The zero-order chi connectivity index (χ0) is 18.9. The molecule has 0 radical (unpaired) electrons. The highest BCUT2D eigenvalue weighted by Gasteiger charge is 2.29. The van der Waals surface area contributed by atoms with Crippen LogP contribution in [0.4, 0.5) is 10.1 Å². The van der Waals surface area contributed by atoms with Crippen LogP contribution in [0.5, 0.6) is 0 Å². The minimum Gasteiger partial charge on any atom is -0.365 e. The van der Waals surface area contributed by atoms with Gasteiger partial charge in [-0.1, -0.05) is 24.3 Å². The van der Waals surface area contributed by atoms with Gasteiger partial charge in [-0.05, 0) is 50.6 Å². The number of carbonyl (C=O) groups excluding carboxylic acids is 1. The summed E-state index contributed by atoms with van der Waals surface area (Å²) in [6, 6.07) is 12.0.